The second-order valence-electron chi connectivity index (χ2n) is 3.40. The van der Waals surface area contributed by atoms with Crippen molar-refractivity contribution in [3.8, 4) is 0 Å². The number of nitrogen functional groups attached to an aromatic ring is 1. The summed E-state index contributed by atoms with van der Waals surface area (Å²) in [5.74, 6) is 0.674. The summed E-state index contributed by atoms with van der Waals surface area (Å²) in [5, 5.41) is 4.26. The molecule has 0 saturated heterocycles. The van der Waals surface area contributed by atoms with Crippen molar-refractivity contribution in [1.29, 1.82) is 0 Å². The number of nitrogens with zero attached hydrogens (tertiary/aromatic N) is 4. The smallest absolute Gasteiger partial charge is 0.122 e. The SMILES string of the molecule is Cc1cc(N)n(Cc2cn(C)cn2)n1. The first-order valence-corrected chi connectivity index (χ1v) is 4.42. The standard InChI is InChI=1S/C9H13N5/c1-7-3-9(10)14(12-7)5-8-4-13(2)6-11-8/h3-4,6H,5,10H2,1-2H3. The van der Waals surface area contributed by atoms with Crippen LogP contribution in [0.1, 0.15) is 11.4 Å². The van der Waals surface area contributed by atoms with E-state index in [1.165, 1.54) is 0 Å². The molecule has 0 radical (unpaired) electrons. The van der Waals surface area contributed by atoms with Gasteiger partial charge in [0.25, 0.3) is 0 Å². The van der Waals surface area contributed by atoms with Gasteiger partial charge in [0, 0.05) is 19.3 Å². The number of hydrogen-bond donors (Lipinski definition) is 1. The van der Waals surface area contributed by atoms with Gasteiger partial charge in [0.15, 0.2) is 0 Å². The van der Waals surface area contributed by atoms with Gasteiger partial charge < -0.3 is 10.3 Å². The van der Waals surface area contributed by atoms with Crippen molar-refractivity contribution < 1.29 is 0 Å². The molecular formula is C9H13N5. The molecule has 0 saturated carbocycles. The Morgan fingerprint density at radius 3 is 2.79 bits per heavy atom. The topological polar surface area (TPSA) is 61.7 Å². The van der Waals surface area contributed by atoms with Crippen LogP contribution in [-0.4, -0.2) is 19.3 Å². The van der Waals surface area contributed by atoms with E-state index < -0.39 is 0 Å². The third-order valence-corrected chi connectivity index (χ3v) is 2.00. The molecule has 0 aromatic carbocycles. The summed E-state index contributed by atoms with van der Waals surface area (Å²) >= 11 is 0. The highest BCUT2D eigenvalue weighted by Crippen LogP contribution is 2.07. The van der Waals surface area contributed by atoms with E-state index in [2.05, 4.69) is 10.1 Å². The first-order valence-electron chi connectivity index (χ1n) is 4.42. The van der Waals surface area contributed by atoms with Crippen molar-refractivity contribution in [2.75, 3.05) is 5.73 Å². The number of aryl methyl sites for hydroxylation is 2. The summed E-state index contributed by atoms with van der Waals surface area (Å²) in [6.45, 7) is 2.55. The summed E-state index contributed by atoms with van der Waals surface area (Å²) in [6.07, 6.45) is 3.72. The lowest BCUT2D eigenvalue weighted by molar-refractivity contribution is 0.677. The molecule has 5 nitrogen and oxygen atoms in total. The lowest BCUT2D eigenvalue weighted by Gasteiger charge is -1.99. The summed E-state index contributed by atoms with van der Waals surface area (Å²) in [7, 11) is 1.94. The number of rotatable bonds is 2. The summed E-state index contributed by atoms with van der Waals surface area (Å²) < 4.78 is 3.65. The number of aromatic nitrogens is 4. The second kappa shape index (κ2) is 3.17. The predicted molar refractivity (Wildman–Crippen MR) is 53.7 cm³/mol. The molecule has 2 heterocycles. The van der Waals surface area contributed by atoms with Crippen molar-refractivity contribution in [2.24, 2.45) is 7.05 Å². The Hall–Kier alpha value is -1.78. The molecule has 14 heavy (non-hydrogen) atoms. The molecular weight excluding hydrogens is 178 g/mol. The van der Waals surface area contributed by atoms with E-state index in [9.17, 15) is 0 Å². The molecule has 0 fully saturated rings. The van der Waals surface area contributed by atoms with Gasteiger partial charge in [0.05, 0.1) is 24.3 Å². The lowest BCUT2D eigenvalue weighted by Crippen LogP contribution is -2.06. The highest BCUT2D eigenvalue weighted by molar-refractivity contribution is 5.30. The van der Waals surface area contributed by atoms with Crippen LogP contribution in [0.5, 0.6) is 0 Å². The van der Waals surface area contributed by atoms with Crippen LogP contribution < -0.4 is 5.73 Å². The van der Waals surface area contributed by atoms with Gasteiger partial charge in [-0.2, -0.15) is 5.10 Å². The van der Waals surface area contributed by atoms with Gasteiger partial charge in [-0.25, -0.2) is 9.67 Å². The van der Waals surface area contributed by atoms with Gasteiger partial charge in [0.2, 0.25) is 0 Å². The zero-order valence-corrected chi connectivity index (χ0v) is 8.31. The van der Waals surface area contributed by atoms with E-state index >= 15 is 0 Å². The fourth-order valence-electron chi connectivity index (χ4n) is 1.39. The number of hydrogen-bond acceptors (Lipinski definition) is 3. The molecule has 0 bridgehead atoms. The Bertz CT molecular complexity index is 440. The average molecular weight is 191 g/mol. The molecule has 2 aromatic rings. The Morgan fingerprint density at radius 2 is 2.29 bits per heavy atom. The van der Waals surface area contributed by atoms with Gasteiger partial charge in [-0.1, -0.05) is 0 Å². The van der Waals surface area contributed by atoms with Gasteiger partial charge in [-0.15, -0.1) is 0 Å². The third-order valence-electron chi connectivity index (χ3n) is 2.00. The molecule has 0 aliphatic carbocycles. The van der Waals surface area contributed by atoms with Crippen molar-refractivity contribution >= 4 is 5.82 Å². The molecule has 0 aliphatic heterocycles. The monoisotopic (exact) mass is 191 g/mol. The van der Waals surface area contributed by atoms with Crippen LogP contribution in [0.15, 0.2) is 18.6 Å². The van der Waals surface area contributed by atoms with Gasteiger partial charge in [-0.3, -0.25) is 0 Å². The summed E-state index contributed by atoms with van der Waals surface area (Å²) in [4.78, 5) is 4.21. The van der Waals surface area contributed by atoms with Crippen molar-refractivity contribution in [1.82, 2.24) is 19.3 Å². The Kier molecular flexibility index (Phi) is 1.99. The van der Waals surface area contributed by atoms with E-state index in [1.807, 2.05) is 30.8 Å². The molecule has 0 unspecified atom stereocenters. The van der Waals surface area contributed by atoms with E-state index in [4.69, 9.17) is 5.73 Å². The molecule has 2 aromatic heterocycles. The van der Waals surface area contributed by atoms with Crippen LogP contribution in [0, 0.1) is 6.92 Å². The molecule has 0 atom stereocenters. The quantitative estimate of drug-likeness (QED) is 0.754. The molecule has 0 aliphatic rings. The van der Waals surface area contributed by atoms with Crippen molar-refractivity contribution in [3.63, 3.8) is 0 Å². The van der Waals surface area contributed by atoms with Crippen LogP contribution in [0.4, 0.5) is 5.82 Å². The predicted octanol–water partition coefficient (Wildman–Crippen LogP) is 0.556. The minimum Gasteiger partial charge on any atom is -0.384 e. The molecule has 5 heteroatoms. The van der Waals surface area contributed by atoms with Crippen LogP contribution in [0.2, 0.25) is 0 Å². The van der Waals surface area contributed by atoms with Gasteiger partial charge >= 0.3 is 0 Å². The van der Waals surface area contributed by atoms with Gasteiger partial charge in [-0.05, 0) is 6.92 Å². The zero-order chi connectivity index (χ0) is 10.1. The molecule has 2 rings (SSSR count). The molecule has 74 valence electrons. The van der Waals surface area contributed by atoms with E-state index in [1.54, 1.807) is 11.0 Å². The summed E-state index contributed by atoms with van der Waals surface area (Å²) in [5.41, 5.74) is 7.65. The number of nitrogens with two attached hydrogens (primary N) is 1. The summed E-state index contributed by atoms with van der Waals surface area (Å²) in [6, 6.07) is 1.85. The van der Waals surface area contributed by atoms with E-state index in [0.717, 1.165) is 11.4 Å². The fraction of sp³-hybridized carbons (Fsp3) is 0.333. The first kappa shape index (κ1) is 8.80. The normalized spacial score (nSPS) is 10.7. The zero-order valence-electron chi connectivity index (χ0n) is 8.31. The first-order chi connectivity index (χ1) is 6.65. The Labute approximate surface area is 82.2 Å². The fourth-order valence-corrected chi connectivity index (χ4v) is 1.39. The van der Waals surface area contributed by atoms with Gasteiger partial charge in [0.1, 0.15) is 5.82 Å². The highest BCUT2D eigenvalue weighted by atomic mass is 15.3. The maximum Gasteiger partial charge on any atom is 0.122 e. The van der Waals surface area contributed by atoms with Crippen LogP contribution in [-0.2, 0) is 13.6 Å². The lowest BCUT2D eigenvalue weighted by atomic mass is 10.4. The van der Waals surface area contributed by atoms with Crippen LogP contribution in [0.3, 0.4) is 0 Å². The second-order valence-corrected chi connectivity index (χ2v) is 3.40. The molecule has 0 spiro atoms. The average Bonchev–Trinajstić information content (AvgIpc) is 2.61. The van der Waals surface area contributed by atoms with Crippen LogP contribution >= 0.6 is 0 Å². The Morgan fingerprint density at radius 1 is 1.50 bits per heavy atom. The highest BCUT2D eigenvalue weighted by Gasteiger charge is 2.03. The third kappa shape index (κ3) is 1.61. The maximum atomic E-state index is 5.76. The number of anilines is 1. The van der Waals surface area contributed by atoms with Crippen molar-refractivity contribution in [3.05, 3.63) is 30.0 Å². The van der Waals surface area contributed by atoms with Crippen molar-refractivity contribution in [2.45, 2.75) is 13.5 Å². The van der Waals surface area contributed by atoms with Crippen LogP contribution in [0.25, 0.3) is 0 Å². The largest absolute Gasteiger partial charge is 0.384 e. The molecule has 2 N–H and O–H groups in total. The maximum absolute atomic E-state index is 5.76. The Balaban J connectivity index is 2.22. The number of imidazole rings is 1. The van der Waals surface area contributed by atoms with E-state index in [0.29, 0.717) is 12.4 Å². The molecule has 0 amide bonds. The van der Waals surface area contributed by atoms with E-state index in [-0.39, 0.29) is 0 Å². The minimum atomic E-state index is 0.626. The minimum absolute atomic E-state index is 0.626.